The van der Waals surface area contributed by atoms with Gasteiger partial charge in [0.05, 0.1) is 6.20 Å². The molecule has 1 aliphatic heterocycles. The van der Waals surface area contributed by atoms with Crippen molar-refractivity contribution >= 4 is 5.69 Å². The van der Waals surface area contributed by atoms with Gasteiger partial charge in [-0.2, -0.15) is 5.10 Å². The zero-order valence-electron chi connectivity index (χ0n) is 13.7. The Morgan fingerprint density at radius 1 is 1.09 bits per heavy atom. The van der Waals surface area contributed by atoms with Crippen molar-refractivity contribution in [3.63, 3.8) is 0 Å². The van der Waals surface area contributed by atoms with Gasteiger partial charge in [-0.15, -0.1) is 0 Å². The van der Waals surface area contributed by atoms with E-state index in [2.05, 4.69) is 59.2 Å². The minimum Gasteiger partial charge on any atom is -0.370 e. The Bertz CT molecular complexity index is 605. The summed E-state index contributed by atoms with van der Waals surface area (Å²) < 4.78 is 2.01. The van der Waals surface area contributed by atoms with E-state index >= 15 is 0 Å². The second-order valence-corrected chi connectivity index (χ2v) is 6.11. The third-order valence-corrected chi connectivity index (χ3v) is 4.46. The predicted molar refractivity (Wildman–Crippen MR) is 91.2 cm³/mol. The number of aromatic nitrogens is 2. The SMILES string of the molecule is CCn1cc(CN2CCCN(c3ccccc3C)CC2)cn1. The van der Waals surface area contributed by atoms with E-state index in [4.69, 9.17) is 0 Å². The van der Waals surface area contributed by atoms with Crippen molar-refractivity contribution in [2.45, 2.75) is 33.4 Å². The lowest BCUT2D eigenvalue weighted by Crippen LogP contribution is -2.30. The topological polar surface area (TPSA) is 24.3 Å². The van der Waals surface area contributed by atoms with Gasteiger partial charge in [0.15, 0.2) is 0 Å². The zero-order chi connectivity index (χ0) is 15.4. The molecule has 1 aliphatic rings. The van der Waals surface area contributed by atoms with Crippen LogP contribution in [0.2, 0.25) is 0 Å². The molecule has 0 radical (unpaired) electrons. The molecule has 22 heavy (non-hydrogen) atoms. The Balaban J connectivity index is 1.61. The van der Waals surface area contributed by atoms with Gasteiger partial charge < -0.3 is 4.90 Å². The summed E-state index contributed by atoms with van der Waals surface area (Å²) >= 11 is 0. The van der Waals surface area contributed by atoms with E-state index in [9.17, 15) is 0 Å². The second-order valence-electron chi connectivity index (χ2n) is 6.11. The minimum absolute atomic E-state index is 0.945. The van der Waals surface area contributed by atoms with Crippen LogP contribution in [0, 0.1) is 6.92 Å². The first kappa shape index (κ1) is 15.1. The van der Waals surface area contributed by atoms with Gasteiger partial charge in [-0.25, -0.2) is 0 Å². The van der Waals surface area contributed by atoms with Gasteiger partial charge in [-0.05, 0) is 31.9 Å². The maximum atomic E-state index is 4.38. The quantitative estimate of drug-likeness (QED) is 0.867. The molecule has 2 aromatic rings. The molecule has 0 saturated carbocycles. The van der Waals surface area contributed by atoms with Crippen molar-refractivity contribution in [2.24, 2.45) is 0 Å². The van der Waals surface area contributed by atoms with Crippen LogP contribution < -0.4 is 4.90 Å². The zero-order valence-corrected chi connectivity index (χ0v) is 13.7. The molecule has 1 aromatic carbocycles. The van der Waals surface area contributed by atoms with Crippen LogP contribution >= 0.6 is 0 Å². The highest BCUT2D eigenvalue weighted by Crippen LogP contribution is 2.21. The van der Waals surface area contributed by atoms with Crippen LogP contribution in [0.3, 0.4) is 0 Å². The molecule has 0 unspecified atom stereocenters. The van der Waals surface area contributed by atoms with Gasteiger partial charge in [0.25, 0.3) is 0 Å². The summed E-state index contributed by atoms with van der Waals surface area (Å²) in [6.07, 6.45) is 5.40. The molecule has 0 atom stereocenters. The predicted octanol–water partition coefficient (Wildman–Crippen LogP) is 2.92. The molecule has 1 fully saturated rings. The van der Waals surface area contributed by atoms with Gasteiger partial charge in [0, 0.05) is 56.7 Å². The van der Waals surface area contributed by atoms with E-state index in [1.54, 1.807) is 0 Å². The fourth-order valence-corrected chi connectivity index (χ4v) is 3.21. The van der Waals surface area contributed by atoms with Crippen molar-refractivity contribution < 1.29 is 0 Å². The van der Waals surface area contributed by atoms with Crippen molar-refractivity contribution in [1.29, 1.82) is 0 Å². The smallest absolute Gasteiger partial charge is 0.0534 e. The molecule has 118 valence electrons. The standard InChI is InChI=1S/C18H26N4/c1-3-22-15-17(13-19-22)14-20-9-6-10-21(12-11-20)18-8-5-4-7-16(18)2/h4-5,7-8,13,15H,3,6,9-12,14H2,1-2H3. The molecule has 4 heteroatoms. The lowest BCUT2D eigenvalue weighted by atomic mass is 10.2. The normalized spacial score (nSPS) is 16.7. The molecule has 0 amide bonds. The van der Waals surface area contributed by atoms with Crippen LogP contribution in [0.15, 0.2) is 36.7 Å². The van der Waals surface area contributed by atoms with E-state index in [-0.39, 0.29) is 0 Å². The summed E-state index contributed by atoms with van der Waals surface area (Å²) in [7, 11) is 0. The fourth-order valence-electron chi connectivity index (χ4n) is 3.21. The van der Waals surface area contributed by atoms with Gasteiger partial charge in [0.1, 0.15) is 0 Å². The van der Waals surface area contributed by atoms with Crippen LogP contribution in [0.5, 0.6) is 0 Å². The summed E-state index contributed by atoms with van der Waals surface area (Å²) in [5.41, 5.74) is 4.09. The number of rotatable bonds is 4. The Labute approximate surface area is 133 Å². The summed E-state index contributed by atoms with van der Waals surface area (Å²) in [6.45, 7) is 10.8. The maximum absolute atomic E-state index is 4.38. The van der Waals surface area contributed by atoms with Crippen LogP contribution in [0.1, 0.15) is 24.5 Å². The van der Waals surface area contributed by atoms with E-state index in [1.807, 2.05) is 10.9 Å². The largest absolute Gasteiger partial charge is 0.370 e. The second kappa shape index (κ2) is 6.97. The third kappa shape index (κ3) is 3.50. The van der Waals surface area contributed by atoms with Crippen LogP contribution in [0.25, 0.3) is 0 Å². The molecule has 0 aliphatic carbocycles. The molecule has 1 saturated heterocycles. The molecule has 2 heterocycles. The number of nitrogens with zero attached hydrogens (tertiary/aromatic N) is 4. The van der Waals surface area contributed by atoms with Crippen molar-refractivity contribution in [2.75, 3.05) is 31.1 Å². The summed E-state index contributed by atoms with van der Waals surface area (Å²) in [5, 5.41) is 4.38. The highest BCUT2D eigenvalue weighted by molar-refractivity contribution is 5.53. The number of benzene rings is 1. The number of anilines is 1. The Morgan fingerprint density at radius 3 is 2.73 bits per heavy atom. The Hall–Kier alpha value is -1.81. The van der Waals surface area contributed by atoms with Crippen LogP contribution in [-0.2, 0) is 13.1 Å². The average molecular weight is 298 g/mol. The summed E-state index contributed by atoms with van der Waals surface area (Å²) in [5.74, 6) is 0. The Morgan fingerprint density at radius 2 is 1.95 bits per heavy atom. The van der Waals surface area contributed by atoms with Crippen molar-refractivity contribution in [3.05, 3.63) is 47.8 Å². The van der Waals surface area contributed by atoms with E-state index in [0.29, 0.717) is 0 Å². The number of para-hydroxylation sites is 1. The highest BCUT2D eigenvalue weighted by atomic mass is 15.3. The first-order valence-electron chi connectivity index (χ1n) is 8.30. The Kier molecular flexibility index (Phi) is 4.78. The van der Waals surface area contributed by atoms with E-state index in [0.717, 1.165) is 32.7 Å². The monoisotopic (exact) mass is 298 g/mol. The molecule has 0 N–H and O–H groups in total. The molecular formula is C18H26N4. The van der Waals surface area contributed by atoms with Crippen LogP contribution in [0.4, 0.5) is 5.69 Å². The first-order valence-corrected chi connectivity index (χ1v) is 8.30. The van der Waals surface area contributed by atoms with Gasteiger partial charge in [-0.1, -0.05) is 18.2 Å². The molecule has 0 bridgehead atoms. The van der Waals surface area contributed by atoms with E-state index in [1.165, 1.54) is 29.8 Å². The van der Waals surface area contributed by atoms with E-state index < -0.39 is 0 Å². The molecule has 3 rings (SSSR count). The maximum Gasteiger partial charge on any atom is 0.0534 e. The number of hydrogen-bond acceptors (Lipinski definition) is 3. The van der Waals surface area contributed by atoms with Gasteiger partial charge in [0.2, 0.25) is 0 Å². The molecule has 0 spiro atoms. The molecule has 4 nitrogen and oxygen atoms in total. The van der Waals surface area contributed by atoms with Crippen LogP contribution in [-0.4, -0.2) is 40.9 Å². The minimum atomic E-state index is 0.945. The van der Waals surface area contributed by atoms with Gasteiger partial charge >= 0.3 is 0 Å². The molecule has 1 aromatic heterocycles. The lowest BCUT2D eigenvalue weighted by Gasteiger charge is -2.25. The number of hydrogen-bond donors (Lipinski definition) is 0. The summed E-state index contributed by atoms with van der Waals surface area (Å²) in [6, 6.07) is 8.71. The number of aryl methyl sites for hydroxylation is 2. The molecular weight excluding hydrogens is 272 g/mol. The van der Waals surface area contributed by atoms with Crippen molar-refractivity contribution in [3.8, 4) is 0 Å². The first-order chi connectivity index (χ1) is 10.8. The van der Waals surface area contributed by atoms with Crippen molar-refractivity contribution in [1.82, 2.24) is 14.7 Å². The third-order valence-electron chi connectivity index (χ3n) is 4.46. The lowest BCUT2D eigenvalue weighted by molar-refractivity contribution is 0.285. The fraction of sp³-hybridized carbons (Fsp3) is 0.500. The highest BCUT2D eigenvalue weighted by Gasteiger charge is 2.16. The summed E-state index contributed by atoms with van der Waals surface area (Å²) in [4.78, 5) is 5.08. The van der Waals surface area contributed by atoms with Gasteiger partial charge in [-0.3, -0.25) is 9.58 Å². The average Bonchev–Trinajstić information content (AvgIpc) is 2.86.